The standard InChI is InChI=1S/C24H34N6/c25-24(30-12-2-1-3-13-30)21-8-6-20(7-9-21)22-10-11-23(27-26-22)29-16-14-28(15-17-29)18-19-4-5-19/h6-11,19,24H,1-5,12-18,25H2. The van der Waals surface area contributed by atoms with E-state index in [0.29, 0.717) is 0 Å². The molecule has 1 atom stereocenters. The fourth-order valence-electron chi connectivity index (χ4n) is 4.73. The first-order valence-corrected chi connectivity index (χ1v) is 11.7. The Balaban J connectivity index is 1.19. The highest BCUT2D eigenvalue weighted by Crippen LogP contribution is 2.30. The van der Waals surface area contributed by atoms with Crippen LogP contribution in [0.25, 0.3) is 11.3 Å². The van der Waals surface area contributed by atoms with Gasteiger partial charge in [-0.2, -0.15) is 0 Å². The quantitative estimate of drug-likeness (QED) is 0.795. The maximum atomic E-state index is 6.49. The molecule has 2 N–H and O–H groups in total. The van der Waals surface area contributed by atoms with Gasteiger partial charge in [-0.25, -0.2) is 0 Å². The van der Waals surface area contributed by atoms with E-state index in [1.165, 1.54) is 44.2 Å². The Morgan fingerprint density at radius 2 is 1.57 bits per heavy atom. The number of nitrogens with zero attached hydrogens (tertiary/aromatic N) is 5. The van der Waals surface area contributed by atoms with E-state index >= 15 is 0 Å². The number of piperidine rings is 1. The van der Waals surface area contributed by atoms with Crippen molar-refractivity contribution < 1.29 is 0 Å². The molecule has 0 bridgehead atoms. The van der Waals surface area contributed by atoms with Gasteiger partial charge in [0.15, 0.2) is 5.82 Å². The van der Waals surface area contributed by atoms with Gasteiger partial charge in [0, 0.05) is 38.3 Å². The zero-order chi connectivity index (χ0) is 20.3. The molecule has 0 spiro atoms. The van der Waals surface area contributed by atoms with Gasteiger partial charge < -0.3 is 10.6 Å². The summed E-state index contributed by atoms with van der Waals surface area (Å²) in [5.41, 5.74) is 9.68. The normalized spacial score (nSPS) is 22.2. The number of hydrogen-bond acceptors (Lipinski definition) is 6. The second kappa shape index (κ2) is 9.00. The van der Waals surface area contributed by atoms with E-state index in [2.05, 4.69) is 61.3 Å². The van der Waals surface area contributed by atoms with E-state index in [4.69, 9.17) is 5.73 Å². The largest absolute Gasteiger partial charge is 0.353 e. The van der Waals surface area contributed by atoms with Crippen molar-refractivity contribution in [2.45, 2.75) is 38.3 Å². The van der Waals surface area contributed by atoms with Crippen LogP contribution in [-0.2, 0) is 0 Å². The van der Waals surface area contributed by atoms with Crippen molar-refractivity contribution in [1.82, 2.24) is 20.0 Å². The van der Waals surface area contributed by atoms with Crippen molar-refractivity contribution in [3.05, 3.63) is 42.0 Å². The first kappa shape index (κ1) is 19.9. The average Bonchev–Trinajstić information content (AvgIpc) is 3.64. The van der Waals surface area contributed by atoms with E-state index < -0.39 is 0 Å². The molecule has 1 unspecified atom stereocenters. The molecule has 1 aliphatic carbocycles. The smallest absolute Gasteiger partial charge is 0.151 e. The number of aromatic nitrogens is 2. The van der Waals surface area contributed by atoms with Crippen LogP contribution in [0, 0.1) is 5.92 Å². The lowest BCUT2D eigenvalue weighted by Gasteiger charge is -2.35. The molecule has 0 radical (unpaired) electrons. The number of piperazine rings is 1. The van der Waals surface area contributed by atoms with E-state index in [1.807, 2.05) is 0 Å². The molecule has 1 aromatic carbocycles. The molecule has 3 heterocycles. The van der Waals surface area contributed by atoms with Crippen LogP contribution in [0.15, 0.2) is 36.4 Å². The van der Waals surface area contributed by atoms with Gasteiger partial charge in [0.2, 0.25) is 0 Å². The Hall–Kier alpha value is -2.02. The molecule has 6 heteroatoms. The van der Waals surface area contributed by atoms with Crippen LogP contribution < -0.4 is 10.6 Å². The van der Waals surface area contributed by atoms with Crippen LogP contribution in [-0.4, -0.2) is 65.8 Å². The molecule has 5 rings (SSSR count). The maximum absolute atomic E-state index is 6.49. The van der Waals surface area contributed by atoms with Crippen molar-refractivity contribution in [1.29, 1.82) is 0 Å². The van der Waals surface area contributed by atoms with Gasteiger partial charge in [-0.3, -0.25) is 9.80 Å². The lowest BCUT2D eigenvalue weighted by atomic mass is 10.0. The fraction of sp³-hybridized carbons (Fsp3) is 0.583. The zero-order valence-electron chi connectivity index (χ0n) is 17.9. The first-order valence-electron chi connectivity index (χ1n) is 11.7. The van der Waals surface area contributed by atoms with Gasteiger partial charge in [-0.1, -0.05) is 30.7 Å². The van der Waals surface area contributed by atoms with Gasteiger partial charge in [-0.05, 0) is 62.4 Å². The molecule has 1 saturated carbocycles. The predicted octanol–water partition coefficient (Wildman–Crippen LogP) is 3.12. The molecular formula is C24H34N6. The number of anilines is 1. The van der Waals surface area contributed by atoms with E-state index in [9.17, 15) is 0 Å². The Morgan fingerprint density at radius 3 is 2.20 bits per heavy atom. The summed E-state index contributed by atoms with van der Waals surface area (Å²) >= 11 is 0. The first-order chi connectivity index (χ1) is 14.8. The number of hydrogen-bond donors (Lipinski definition) is 1. The number of nitrogens with two attached hydrogens (primary N) is 1. The van der Waals surface area contributed by atoms with Crippen molar-refractivity contribution in [3.8, 4) is 11.3 Å². The monoisotopic (exact) mass is 406 g/mol. The van der Waals surface area contributed by atoms with Crippen LogP contribution in [0.4, 0.5) is 5.82 Å². The molecule has 3 aliphatic rings. The van der Waals surface area contributed by atoms with E-state index in [1.54, 1.807) is 0 Å². The summed E-state index contributed by atoms with van der Waals surface area (Å²) < 4.78 is 0. The van der Waals surface area contributed by atoms with E-state index in [-0.39, 0.29) is 6.17 Å². The fourth-order valence-corrected chi connectivity index (χ4v) is 4.73. The van der Waals surface area contributed by atoms with Crippen LogP contribution >= 0.6 is 0 Å². The Morgan fingerprint density at radius 1 is 0.833 bits per heavy atom. The Bertz CT molecular complexity index is 803. The Labute approximate surface area is 180 Å². The third-order valence-electron chi connectivity index (χ3n) is 6.89. The topological polar surface area (TPSA) is 61.5 Å². The summed E-state index contributed by atoms with van der Waals surface area (Å²) in [5.74, 6) is 1.96. The van der Waals surface area contributed by atoms with E-state index in [0.717, 1.165) is 62.3 Å². The van der Waals surface area contributed by atoms with Crippen molar-refractivity contribution >= 4 is 5.82 Å². The zero-order valence-corrected chi connectivity index (χ0v) is 17.9. The van der Waals surface area contributed by atoms with Crippen LogP contribution in [0.1, 0.15) is 43.8 Å². The molecule has 0 amide bonds. The SMILES string of the molecule is NC(c1ccc(-c2ccc(N3CCN(CC4CC4)CC3)nn2)cc1)N1CCCCC1. The lowest BCUT2D eigenvalue weighted by molar-refractivity contribution is 0.167. The molecule has 2 saturated heterocycles. The summed E-state index contributed by atoms with van der Waals surface area (Å²) in [7, 11) is 0. The molecule has 6 nitrogen and oxygen atoms in total. The van der Waals surface area contributed by atoms with Gasteiger partial charge >= 0.3 is 0 Å². The van der Waals surface area contributed by atoms with Crippen molar-refractivity contribution in [3.63, 3.8) is 0 Å². The lowest BCUT2D eigenvalue weighted by Crippen LogP contribution is -2.47. The highest BCUT2D eigenvalue weighted by molar-refractivity contribution is 5.60. The highest BCUT2D eigenvalue weighted by atomic mass is 15.3. The molecule has 160 valence electrons. The summed E-state index contributed by atoms with van der Waals surface area (Å²) in [6.45, 7) is 7.86. The second-order valence-electron chi connectivity index (χ2n) is 9.17. The summed E-state index contributed by atoms with van der Waals surface area (Å²) in [5, 5.41) is 9.05. The summed E-state index contributed by atoms with van der Waals surface area (Å²) in [4.78, 5) is 7.35. The summed E-state index contributed by atoms with van der Waals surface area (Å²) in [6.07, 6.45) is 6.68. The molecule has 2 aromatic rings. The molecule has 30 heavy (non-hydrogen) atoms. The van der Waals surface area contributed by atoms with Gasteiger partial charge in [0.25, 0.3) is 0 Å². The molecule has 3 fully saturated rings. The van der Waals surface area contributed by atoms with Crippen molar-refractivity contribution in [2.75, 3.05) is 50.7 Å². The van der Waals surface area contributed by atoms with Gasteiger partial charge in [-0.15, -0.1) is 10.2 Å². The van der Waals surface area contributed by atoms with Gasteiger partial charge in [0.1, 0.15) is 0 Å². The second-order valence-corrected chi connectivity index (χ2v) is 9.17. The minimum absolute atomic E-state index is 0.00797. The molecular weight excluding hydrogens is 372 g/mol. The number of likely N-dealkylation sites (tertiary alicyclic amines) is 1. The summed E-state index contributed by atoms with van der Waals surface area (Å²) in [6, 6.07) is 12.7. The van der Waals surface area contributed by atoms with Crippen LogP contribution in [0.2, 0.25) is 0 Å². The number of benzene rings is 1. The molecule has 1 aromatic heterocycles. The number of rotatable bonds is 6. The molecule has 2 aliphatic heterocycles. The van der Waals surface area contributed by atoms with Crippen molar-refractivity contribution in [2.24, 2.45) is 11.7 Å². The van der Waals surface area contributed by atoms with Crippen LogP contribution in [0.3, 0.4) is 0 Å². The average molecular weight is 407 g/mol. The highest BCUT2D eigenvalue weighted by Gasteiger charge is 2.26. The van der Waals surface area contributed by atoms with Gasteiger partial charge in [0.05, 0.1) is 11.9 Å². The van der Waals surface area contributed by atoms with Crippen LogP contribution in [0.5, 0.6) is 0 Å². The third-order valence-corrected chi connectivity index (χ3v) is 6.89. The third kappa shape index (κ3) is 4.66. The maximum Gasteiger partial charge on any atom is 0.151 e. The predicted molar refractivity (Wildman–Crippen MR) is 121 cm³/mol. The minimum atomic E-state index is -0.00797. The Kier molecular flexibility index (Phi) is 5.97. The minimum Gasteiger partial charge on any atom is -0.353 e.